The molecule has 1 aliphatic rings. The normalized spacial score (nSPS) is 17.6. The Kier molecular flexibility index (Phi) is 3.33. The smallest absolute Gasteiger partial charge is 0.375 e. The summed E-state index contributed by atoms with van der Waals surface area (Å²) in [4.78, 5) is 39.1. The highest BCUT2D eigenvalue weighted by atomic mass is 16.5. The van der Waals surface area contributed by atoms with Crippen LogP contribution in [0.4, 0.5) is 0 Å². The van der Waals surface area contributed by atoms with Gasteiger partial charge in [-0.1, -0.05) is 18.2 Å². The van der Waals surface area contributed by atoms with E-state index >= 15 is 0 Å². The van der Waals surface area contributed by atoms with Crippen LogP contribution in [0.5, 0.6) is 0 Å². The molecule has 21 heavy (non-hydrogen) atoms. The van der Waals surface area contributed by atoms with E-state index in [-0.39, 0.29) is 12.4 Å². The van der Waals surface area contributed by atoms with Crippen molar-refractivity contribution in [3.05, 3.63) is 35.5 Å². The van der Waals surface area contributed by atoms with E-state index in [2.05, 4.69) is 4.98 Å². The lowest BCUT2D eigenvalue weighted by atomic mass is 9.83. The van der Waals surface area contributed by atoms with Crippen molar-refractivity contribution < 1.29 is 19.1 Å². The predicted molar refractivity (Wildman–Crippen MR) is 76.1 cm³/mol. The Bertz CT molecular complexity index is 744. The van der Waals surface area contributed by atoms with Gasteiger partial charge in [-0.15, -0.1) is 0 Å². The summed E-state index contributed by atoms with van der Waals surface area (Å²) in [6, 6.07) is 7.64. The number of rotatable bonds is 3. The first kappa shape index (κ1) is 13.5. The van der Waals surface area contributed by atoms with Crippen LogP contribution in [0.25, 0.3) is 10.9 Å². The topological polar surface area (TPSA) is 76.2 Å². The molecule has 5 heteroatoms. The number of ether oxygens (including phenoxy) is 1. The Morgan fingerprint density at radius 2 is 2.10 bits per heavy atom. The van der Waals surface area contributed by atoms with Gasteiger partial charge in [-0.25, -0.2) is 4.79 Å². The molecule has 0 fully saturated rings. The molecule has 1 heterocycles. The highest BCUT2D eigenvalue weighted by Gasteiger charge is 2.38. The van der Waals surface area contributed by atoms with Crippen molar-refractivity contribution in [1.29, 1.82) is 0 Å². The second-order valence-corrected chi connectivity index (χ2v) is 5.06. The van der Waals surface area contributed by atoms with E-state index in [0.717, 1.165) is 16.5 Å². The van der Waals surface area contributed by atoms with Gasteiger partial charge in [0.2, 0.25) is 0 Å². The van der Waals surface area contributed by atoms with Crippen LogP contribution in [0.2, 0.25) is 0 Å². The second kappa shape index (κ2) is 5.16. The molecule has 0 unspecified atom stereocenters. The Labute approximate surface area is 121 Å². The van der Waals surface area contributed by atoms with Gasteiger partial charge in [-0.05, 0) is 31.4 Å². The van der Waals surface area contributed by atoms with E-state index in [1.165, 1.54) is 0 Å². The average molecular weight is 285 g/mol. The predicted octanol–water partition coefficient (Wildman–Crippen LogP) is 2.05. The number of fused-ring (bicyclic) bond motifs is 3. The van der Waals surface area contributed by atoms with Gasteiger partial charge < -0.3 is 9.72 Å². The summed E-state index contributed by atoms with van der Waals surface area (Å²) in [6.07, 6.45) is 0.951. The third kappa shape index (κ3) is 2.14. The zero-order chi connectivity index (χ0) is 15.0. The number of para-hydroxylation sites is 1. The molecule has 1 atom stereocenters. The van der Waals surface area contributed by atoms with Gasteiger partial charge >= 0.3 is 5.97 Å². The van der Waals surface area contributed by atoms with E-state index in [9.17, 15) is 14.4 Å². The number of hydrogen-bond acceptors (Lipinski definition) is 4. The lowest BCUT2D eigenvalue weighted by molar-refractivity contribution is -0.154. The van der Waals surface area contributed by atoms with Crippen molar-refractivity contribution in [2.45, 2.75) is 19.8 Å². The van der Waals surface area contributed by atoms with Crippen LogP contribution in [-0.4, -0.2) is 29.1 Å². The van der Waals surface area contributed by atoms with Gasteiger partial charge in [0.1, 0.15) is 0 Å². The van der Waals surface area contributed by atoms with Crippen LogP contribution >= 0.6 is 0 Å². The molecule has 2 aromatic rings. The Morgan fingerprint density at radius 1 is 1.33 bits per heavy atom. The summed E-state index contributed by atoms with van der Waals surface area (Å²) in [6.45, 7) is 1.76. The quantitative estimate of drug-likeness (QED) is 0.532. The van der Waals surface area contributed by atoms with Gasteiger partial charge in [0.15, 0.2) is 5.78 Å². The van der Waals surface area contributed by atoms with Gasteiger partial charge in [0.25, 0.3) is 5.78 Å². The van der Waals surface area contributed by atoms with Crippen molar-refractivity contribution in [3.63, 3.8) is 0 Å². The number of aromatic amines is 1. The van der Waals surface area contributed by atoms with Gasteiger partial charge in [0, 0.05) is 10.9 Å². The van der Waals surface area contributed by atoms with E-state index in [1.54, 1.807) is 6.92 Å². The molecule has 0 saturated heterocycles. The van der Waals surface area contributed by atoms with E-state index < -0.39 is 17.7 Å². The molecule has 0 saturated carbocycles. The fraction of sp³-hybridized carbons (Fsp3) is 0.312. The largest absolute Gasteiger partial charge is 0.460 e. The maximum absolute atomic E-state index is 12.5. The number of esters is 1. The van der Waals surface area contributed by atoms with Gasteiger partial charge in [0.05, 0.1) is 18.2 Å². The average Bonchev–Trinajstić information content (AvgIpc) is 2.87. The SMILES string of the molecule is CCOC(=O)C(=O)[C@H]1CCc2c([nH]c3ccccc23)C1=O. The first-order valence-electron chi connectivity index (χ1n) is 6.98. The third-order valence-electron chi connectivity index (χ3n) is 3.85. The molecular formula is C16H15NO4. The minimum absolute atomic E-state index is 0.128. The minimum atomic E-state index is -0.926. The first-order valence-corrected chi connectivity index (χ1v) is 6.98. The van der Waals surface area contributed by atoms with Crippen LogP contribution in [0.3, 0.4) is 0 Å². The molecule has 1 aromatic heterocycles. The number of Topliss-reactive ketones (excluding diaryl/α,β-unsaturated/α-hetero) is 2. The molecule has 1 aromatic carbocycles. The number of aromatic nitrogens is 1. The standard InChI is InChI=1S/C16H15NO4/c1-2-21-16(20)15(19)11-8-7-10-9-5-3-4-6-12(9)17-13(10)14(11)18/h3-6,11,17H,2,7-8H2,1H3/t11-/m0/s1. The molecule has 0 aliphatic heterocycles. The second-order valence-electron chi connectivity index (χ2n) is 5.06. The van der Waals surface area contributed by atoms with Crippen LogP contribution in [-0.2, 0) is 20.7 Å². The van der Waals surface area contributed by atoms with Crippen molar-refractivity contribution >= 4 is 28.4 Å². The Morgan fingerprint density at radius 3 is 2.86 bits per heavy atom. The van der Waals surface area contributed by atoms with Crippen molar-refractivity contribution in [2.75, 3.05) is 6.61 Å². The van der Waals surface area contributed by atoms with E-state index in [4.69, 9.17) is 4.74 Å². The number of hydrogen-bond donors (Lipinski definition) is 1. The Hall–Kier alpha value is -2.43. The van der Waals surface area contributed by atoms with Crippen molar-refractivity contribution in [2.24, 2.45) is 5.92 Å². The van der Waals surface area contributed by atoms with Crippen LogP contribution in [0.15, 0.2) is 24.3 Å². The molecular weight excluding hydrogens is 270 g/mol. The summed E-state index contributed by atoms with van der Waals surface area (Å²) in [7, 11) is 0. The Balaban J connectivity index is 1.96. The molecule has 0 bridgehead atoms. The molecule has 5 nitrogen and oxygen atoms in total. The van der Waals surface area contributed by atoms with E-state index in [0.29, 0.717) is 18.5 Å². The van der Waals surface area contributed by atoms with Gasteiger partial charge in [-0.2, -0.15) is 0 Å². The summed E-state index contributed by atoms with van der Waals surface area (Å²) in [5.74, 6) is -2.91. The third-order valence-corrected chi connectivity index (χ3v) is 3.85. The molecule has 108 valence electrons. The van der Waals surface area contributed by atoms with Crippen molar-refractivity contribution in [3.8, 4) is 0 Å². The molecule has 3 rings (SSSR count). The number of carbonyl (C=O) groups is 3. The number of benzene rings is 1. The van der Waals surface area contributed by atoms with Crippen LogP contribution < -0.4 is 0 Å². The highest BCUT2D eigenvalue weighted by Crippen LogP contribution is 2.32. The lowest BCUT2D eigenvalue weighted by Crippen LogP contribution is -2.35. The number of carbonyl (C=O) groups excluding carboxylic acids is 3. The fourth-order valence-electron chi connectivity index (χ4n) is 2.86. The molecule has 0 spiro atoms. The maximum Gasteiger partial charge on any atom is 0.375 e. The van der Waals surface area contributed by atoms with Crippen molar-refractivity contribution in [1.82, 2.24) is 4.98 Å². The molecule has 1 N–H and O–H groups in total. The summed E-state index contributed by atoms with van der Waals surface area (Å²) in [5.41, 5.74) is 2.26. The van der Waals surface area contributed by atoms with Crippen LogP contribution in [0.1, 0.15) is 29.4 Å². The minimum Gasteiger partial charge on any atom is -0.460 e. The number of ketones is 2. The highest BCUT2D eigenvalue weighted by molar-refractivity contribution is 6.39. The lowest BCUT2D eigenvalue weighted by Gasteiger charge is -2.19. The zero-order valence-electron chi connectivity index (χ0n) is 11.6. The molecule has 1 aliphatic carbocycles. The van der Waals surface area contributed by atoms with Crippen LogP contribution in [0, 0.1) is 5.92 Å². The number of nitrogens with one attached hydrogen (secondary N) is 1. The number of aryl methyl sites for hydroxylation is 1. The number of H-pyrrole nitrogens is 1. The summed E-state index contributed by atoms with van der Waals surface area (Å²) < 4.78 is 4.70. The first-order chi connectivity index (χ1) is 10.1. The maximum atomic E-state index is 12.5. The summed E-state index contributed by atoms with van der Waals surface area (Å²) >= 11 is 0. The molecule has 0 radical (unpaired) electrons. The van der Waals surface area contributed by atoms with E-state index in [1.807, 2.05) is 24.3 Å². The monoisotopic (exact) mass is 285 g/mol. The summed E-state index contributed by atoms with van der Waals surface area (Å²) in [5, 5.41) is 1.00. The fourth-order valence-corrected chi connectivity index (χ4v) is 2.86. The van der Waals surface area contributed by atoms with Gasteiger partial charge in [-0.3, -0.25) is 9.59 Å². The molecule has 0 amide bonds. The zero-order valence-corrected chi connectivity index (χ0v) is 11.6.